The van der Waals surface area contributed by atoms with Crippen molar-refractivity contribution >= 4 is 5.91 Å². The molecule has 4 heteroatoms. The molecule has 1 N–H and O–H groups in total. The first kappa shape index (κ1) is 24.5. The summed E-state index contributed by atoms with van der Waals surface area (Å²) in [6.07, 6.45) is 9.17. The van der Waals surface area contributed by atoms with E-state index in [0.717, 1.165) is 25.8 Å². The predicted octanol–water partition coefficient (Wildman–Crippen LogP) is 6.56. The van der Waals surface area contributed by atoms with Crippen LogP contribution in [0.4, 0.5) is 0 Å². The number of amides is 1. The summed E-state index contributed by atoms with van der Waals surface area (Å²) in [5.41, 5.74) is 4.57. The Morgan fingerprint density at radius 1 is 1.06 bits per heavy atom. The molecule has 1 unspecified atom stereocenters. The van der Waals surface area contributed by atoms with Gasteiger partial charge in [-0.15, -0.1) is 0 Å². The largest absolute Gasteiger partial charge is 0.347 e. The first-order chi connectivity index (χ1) is 15.3. The van der Waals surface area contributed by atoms with Gasteiger partial charge in [0.1, 0.15) is 0 Å². The predicted molar refractivity (Wildman–Crippen MR) is 133 cm³/mol. The molecule has 176 valence electrons. The Morgan fingerprint density at radius 3 is 2.31 bits per heavy atom. The minimum absolute atomic E-state index is 0.0213. The molecule has 2 aromatic rings. The number of fused-ring (bicyclic) bond motifs is 1. The van der Waals surface area contributed by atoms with E-state index in [1.807, 2.05) is 19.9 Å². The lowest BCUT2D eigenvalue weighted by Gasteiger charge is -2.50. The van der Waals surface area contributed by atoms with Crippen LogP contribution in [0.15, 0.2) is 30.3 Å². The van der Waals surface area contributed by atoms with Gasteiger partial charge < -0.3 is 5.32 Å². The van der Waals surface area contributed by atoms with Gasteiger partial charge in [0.25, 0.3) is 5.91 Å². The van der Waals surface area contributed by atoms with Crippen LogP contribution in [-0.2, 0) is 19.4 Å². The molecule has 1 aromatic carbocycles. The van der Waals surface area contributed by atoms with E-state index >= 15 is 0 Å². The van der Waals surface area contributed by atoms with Crippen LogP contribution in [0, 0.1) is 10.8 Å². The maximum absolute atomic E-state index is 13.6. The summed E-state index contributed by atoms with van der Waals surface area (Å²) in [4.78, 5) is 13.6. The topological polar surface area (TPSA) is 46.9 Å². The summed E-state index contributed by atoms with van der Waals surface area (Å²) >= 11 is 0. The molecule has 1 atom stereocenters. The van der Waals surface area contributed by atoms with Crippen LogP contribution < -0.4 is 5.32 Å². The van der Waals surface area contributed by atoms with Gasteiger partial charge in [-0.1, -0.05) is 84.7 Å². The molecule has 4 nitrogen and oxygen atoms in total. The van der Waals surface area contributed by atoms with E-state index in [-0.39, 0.29) is 22.8 Å². The Morgan fingerprint density at radius 2 is 1.72 bits per heavy atom. The van der Waals surface area contributed by atoms with Gasteiger partial charge in [-0.3, -0.25) is 9.48 Å². The van der Waals surface area contributed by atoms with Crippen molar-refractivity contribution in [3.63, 3.8) is 0 Å². The quantitative estimate of drug-likeness (QED) is 0.538. The molecule has 1 saturated carbocycles. The van der Waals surface area contributed by atoms with Crippen LogP contribution in [0.1, 0.15) is 107 Å². The SMILES string of the molecule is CC.CC(C)(C)C(NC(=O)c1nn(Cc2ccccc2)c2c1CCCCC2)C1(C)CCC1. The average molecular weight is 438 g/mol. The molecule has 2 aliphatic carbocycles. The van der Waals surface area contributed by atoms with E-state index in [9.17, 15) is 4.79 Å². The number of benzene rings is 1. The second-order valence-electron chi connectivity index (χ2n) is 10.8. The lowest BCUT2D eigenvalue weighted by molar-refractivity contribution is 0.0310. The highest BCUT2D eigenvalue weighted by Crippen LogP contribution is 2.48. The standard InChI is InChI=1S/C26H37N3O.C2H6/c1-25(2,3)24(26(4)16-11-17-26)27-23(30)22-20-14-9-6-10-15-21(20)29(28-22)18-19-12-7-5-8-13-19;1-2/h5,7-8,12-13,24H,6,9-11,14-18H2,1-4H3,(H,27,30);1-2H3. The van der Waals surface area contributed by atoms with E-state index in [2.05, 4.69) is 62.0 Å². The molecule has 32 heavy (non-hydrogen) atoms. The third-order valence-electron chi connectivity index (χ3n) is 7.23. The van der Waals surface area contributed by atoms with E-state index in [4.69, 9.17) is 5.10 Å². The minimum Gasteiger partial charge on any atom is -0.347 e. The van der Waals surface area contributed by atoms with E-state index in [0.29, 0.717) is 5.69 Å². The van der Waals surface area contributed by atoms with Gasteiger partial charge in [-0.2, -0.15) is 5.10 Å². The molecule has 1 aromatic heterocycles. The van der Waals surface area contributed by atoms with Crippen molar-refractivity contribution in [3.05, 3.63) is 52.8 Å². The molecule has 1 amide bonds. The molecule has 0 spiro atoms. The fourth-order valence-corrected chi connectivity index (χ4v) is 5.58. The van der Waals surface area contributed by atoms with Gasteiger partial charge >= 0.3 is 0 Å². The van der Waals surface area contributed by atoms with Gasteiger partial charge in [-0.05, 0) is 54.9 Å². The summed E-state index contributed by atoms with van der Waals surface area (Å²) in [5, 5.41) is 8.34. The number of aromatic nitrogens is 2. The maximum atomic E-state index is 13.6. The summed E-state index contributed by atoms with van der Waals surface area (Å²) < 4.78 is 2.10. The number of hydrogen-bond acceptors (Lipinski definition) is 2. The highest BCUT2D eigenvalue weighted by Gasteiger charge is 2.46. The number of nitrogens with zero attached hydrogens (tertiary/aromatic N) is 2. The van der Waals surface area contributed by atoms with Crippen molar-refractivity contribution in [1.82, 2.24) is 15.1 Å². The smallest absolute Gasteiger partial charge is 0.272 e. The number of carbonyl (C=O) groups is 1. The molecule has 1 heterocycles. The first-order valence-electron chi connectivity index (χ1n) is 12.7. The normalized spacial score (nSPS) is 18.3. The van der Waals surface area contributed by atoms with Crippen molar-refractivity contribution in [2.45, 2.75) is 105 Å². The third kappa shape index (κ3) is 5.27. The zero-order chi connectivity index (χ0) is 23.4. The van der Waals surface area contributed by atoms with Gasteiger partial charge in [0.15, 0.2) is 5.69 Å². The molecule has 4 rings (SSSR count). The molecule has 0 aliphatic heterocycles. The molecule has 0 bridgehead atoms. The van der Waals surface area contributed by atoms with Gasteiger partial charge in [0.2, 0.25) is 0 Å². The third-order valence-corrected chi connectivity index (χ3v) is 7.23. The molecule has 0 saturated heterocycles. The second kappa shape index (κ2) is 10.2. The Balaban J connectivity index is 0.00000141. The van der Waals surface area contributed by atoms with E-state index < -0.39 is 0 Å². The number of rotatable bonds is 5. The van der Waals surface area contributed by atoms with Gasteiger partial charge in [-0.25, -0.2) is 0 Å². The summed E-state index contributed by atoms with van der Waals surface area (Å²) in [5.74, 6) is 0.0213. The lowest BCUT2D eigenvalue weighted by Crippen LogP contribution is -2.56. The maximum Gasteiger partial charge on any atom is 0.272 e. The molecular weight excluding hydrogens is 394 g/mol. The van der Waals surface area contributed by atoms with Crippen LogP contribution in [0.2, 0.25) is 0 Å². The van der Waals surface area contributed by atoms with Crippen molar-refractivity contribution in [3.8, 4) is 0 Å². The molecule has 0 radical (unpaired) electrons. The first-order valence-corrected chi connectivity index (χ1v) is 12.7. The highest BCUT2D eigenvalue weighted by atomic mass is 16.2. The second-order valence-corrected chi connectivity index (χ2v) is 10.8. The Kier molecular flexibility index (Phi) is 7.84. The number of carbonyl (C=O) groups excluding carboxylic acids is 1. The van der Waals surface area contributed by atoms with Crippen molar-refractivity contribution in [1.29, 1.82) is 0 Å². The minimum atomic E-state index is 0.0213. The fraction of sp³-hybridized carbons (Fsp3) is 0.643. The monoisotopic (exact) mass is 437 g/mol. The fourth-order valence-electron chi connectivity index (χ4n) is 5.58. The zero-order valence-corrected chi connectivity index (χ0v) is 21.1. The van der Waals surface area contributed by atoms with Crippen molar-refractivity contribution in [2.24, 2.45) is 10.8 Å². The molecule has 2 aliphatic rings. The van der Waals surface area contributed by atoms with Crippen LogP contribution >= 0.6 is 0 Å². The van der Waals surface area contributed by atoms with Crippen LogP contribution in [0.25, 0.3) is 0 Å². The summed E-state index contributed by atoms with van der Waals surface area (Å²) in [7, 11) is 0. The Labute approximate surface area is 195 Å². The van der Waals surface area contributed by atoms with Gasteiger partial charge in [0, 0.05) is 17.3 Å². The highest BCUT2D eigenvalue weighted by molar-refractivity contribution is 5.94. The van der Waals surface area contributed by atoms with Crippen LogP contribution in [0.5, 0.6) is 0 Å². The summed E-state index contributed by atoms with van der Waals surface area (Å²) in [6.45, 7) is 13.8. The number of hydrogen-bond donors (Lipinski definition) is 1. The van der Waals surface area contributed by atoms with Crippen LogP contribution in [0.3, 0.4) is 0 Å². The van der Waals surface area contributed by atoms with E-state index in [1.165, 1.54) is 48.9 Å². The van der Waals surface area contributed by atoms with Crippen molar-refractivity contribution in [2.75, 3.05) is 0 Å². The molecular formula is C28H43N3O. The number of nitrogens with one attached hydrogen (secondary N) is 1. The Hall–Kier alpha value is -2.10. The summed E-state index contributed by atoms with van der Waals surface area (Å²) in [6, 6.07) is 10.6. The van der Waals surface area contributed by atoms with Gasteiger partial charge in [0.05, 0.1) is 6.54 Å². The average Bonchev–Trinajstić information content (AvgIpc) is 2.92. The van der Waals surface area contributed by atoms with E-state index in [1.54, 1.807) is 0 Å². The van der Waals surface area contributed by atoms with Crippen LogP contribution in [-0.4, -0.2) is 21.7 Å². The zero-order valence-electron chi connectivity index (χ0n) is 21.1. The van der Waals surface area contributed by atoms with Crippen molar-refractivity contribution < 1.29 is 4.79 Å². The lowest BCUT2D eigenvalue weighted by atomic mass is 9.59. The Bertz CT molecular complexity index is 887. The molecule has 1 fully saturated rings.